The standard InChI is InChI=1S/C20H28N2O3S2/c1-14-11-15(2)17(4)20(16(14)3)27(23,24)21-12-19(18-5-10-26-13-18)22-6-8-25-9-7-22/h5,10-11,13,19,21H,6-9,12H2,1-4H3. The lowest BCUT2D eigenvalue weighted by Gasteiger charge is -2.34. The molecule has 7 heteroatoms. The third-order valence-electron chi connectivity index (χ3n) is 5.45. The molecular formula is C20H28N2O3S2. The van der Waals surface area contributed by atoms with Gasteiger partial charge in [0.25, 0.3) is 0 Å². The van der Waals surface area contributed by atoms with Crippen LogP contribution < -0.4 is 4.72 Å². The van der Waals surface area contributed by atoms with E-state index in [9.17, 15) is 8.42 Å². The molecule has 1 aromatic heterocycles. The maximum absolute atomic E-state index is 13.2. The molecule has 3 rings (SSSR count). The molecule has 27 heavy (non-hydrogen) atoms. The predicted octanol–water partition coefficient (Wildman–Crippen LogP) is 3.33. The topological polar surface area (TPSA) is 58.6 Å². The van der Waals surface area contributed by atoms with E-state index in [1.165, 1.54) is 0 Å². The van der Waals surface area contributed by atoms with Crippen LogP contribution in [-0.2, 0) is 14.8 Å². The van der Waals surface area contributed by atoms with E-state index in [1.54, 1.807) is 11.3 Å². The highest BCUT2D eigenvalue weighted by Crippen LogP contribution is 2.28. The van der Waals surface area contributed by atoms with Crippen molar-refractivity contribution in [1.82, 2.24) is 9.62 Å². The van der Waals surface area contributed by atoms with Crippen molar-refractivity contribution in [1.29, 1.82) is 0 Å². The number of ether oxygens (including phenoxy) is 1. The zero-order chi connectivity index (χ0) is 19.6. The largest absolute Gasteiger partial charge is 0.379 e. The summed E-state index contributed by atoms with van der Waals surface area (Å²) >= 11 is 1.64. The molecule has 1 aromatic carbocycles. The average Bonchev–Trinajstić information content (AvgIpc) is 3.15. The van der Waals surface area contributed by atoms with Crippen molar-refractivity contribution in [3.05, 3.63) is 50.7 Å². The number of nitrogens with one attached hydrogen (secondary N) is 1. The summed E-state index contributed by atoms with van der Waals surface area (Å²) in [5.41, 5.74) is 4.80. The van der Waals surface area contributed by atoms with Gasteiger partial charge < -0.3 is 4.74 Å². The number of hydrogen-bond acceptors (Lipinski definition) is 5. The first kappa shape index (κ1) is 20.5. The molecule has 0 aliphatic carbocycles. The quantitative estimate of drug-likeness (QED) is 0.796. The lowest BCUT2D eigenvalue weighted by Crippen LogP contribution is -2.43. The van der Waals surface area contributed by atoms with Crippen molar-refractivity contribution in [3.8, 4) is 0 Å². The summed E-state index contributed by atoms with van der Waals surface area (Å²) in [6, 6.07) is 4.14. The lowest BCUT2D eigenvalue weighted by molar-refractivity contribution is 0.0173. The van der Waals surface area contributed by atoms with Crippen LogP contribution in [0.1, 0.15) is 33.9 Å². The summed E-state index contributed by atoms with van der Waals surface area (Å²) in [5, 5.41) is 4.14. The molecule has 2 heterocycles. The summed E-state index contributed by atoms with van der Waals surface area (Å²) < 4.78 is 34.7. The van der Waals surface area contributed by atoms with Crippen LogP contribution in [-0.4, -0.2) is 46.2 Å². The van der Waals surface area contributed by atoms with E-state index in [-0.39, 0.29) is 6.04 Å². The third-order valence-corrected chi connectivity index (χ3v) is 7.85. The number of aryl methyl sites for hydroxylation is 2. The Morgan fingerprint density at radius 3 is 2.33 bits per heavy atom. The summed E-state index contributed by atoms with van der Waals surface area (Å²) in [4.78, 5) is 2.72. The van der Waals surface area contributed by atoms with E-state index in [2.05, 4.69) is 21.1 Å². The van der Waals surface area contributed by atoms with Crippen molar-refractivity contribution in [2.45, 2.75) is 38.6 Å². The summed E-state index contributed by atoms with van der Waals surface area (Å²) in [5.74, 6) is 0. The number of sulfonamides is 1. The first-order valence-corrected chi connectivity index (χ1v) is 11.6. The Balaban J connectivity index is 1.87. The second-order valence-corrected chi connectivity index (χ2v) is 9.65. The zero-order valence-corrected chi connectivity index (χ0v) is 18.0. The summed E-state index contributed by atoms with van der Waals surface area (Å²) in [6.45, 7) is 11.0. The predicted molar refractivity (Wildman–Crippen MR) is 110 cm³/mol. The van der Waals surface area contributed by atoms with Crippen molar-refractivity contribution >= 4 is 21.4 Å². The van der Waals surface area contributed by atoms with E-state index in [0.29, 0.717) is 24.7 Å². The molecule has 0 bridgehead atoms. The lowest BCUT2D eigenvalue weighted by atomic mass is 10.0. The van der Waals surface area contributed by atoms with Gasteiger partial charge in [-0.3, -0.25) is 4.90 Å². The van der Waals surface area contributed by atoms with Crippen molar-refractivity contribution < 1.29 is 13.2 Å². The highest BCUT2D eigenvalue weighted by atomic mass is 32.2. The fraction of sp³-hybridized carbons (Fsp3) is 0.500. The number of morpholine rings is 1. The van der Waals surface area contributed by atoms with Gasteiger partial charge in [0.1, 0.15) is 0 Å². The van der Waals surface area contributed by atoms with E-state index in [0.717, 1.165) is 40.9 Å². The molecule has 0 saturated carbocycles. The van der Waals surface area contributed by atoms with E-state index >= 15 is 0 Å². The molecule has 1 aliphatic rings. The van der Waals surface area contributed by atoms with Gasteiger partial charge in [-0.1, -0.05) is 6.07 Å². The molecule has 1 fully saturated rings. The highest BCUT2D eigenvalue weighted by Gasteiger charge is 2.27. The van der Waals surface area contributed by atoms with Crippen LogP contribution in [0, 0.1) is 27.7 Å². The van der Waals surface area contributed by atoms with Gasteiger partial charge in [0, 0.05) is 25.7 Å². The molecule has 5 nitrogen and oxygen atoms in total. The van der Waals surface area contributed by atoms with Crippen LogP contribution in [0.25, 0.3) is 0 Å². The van der Waals surface area contributed by atoms with Gasteiger partial charge in [-0.05, 0) is 72.3 Å². The molecule has 148 valence electrons. The molecule has 1 aliphatic heterocycles. The molecular weight excluding hydrogens is 380 g/mol. The zero-order valence-electron chi connectivity index (χ0n) is 16.4. The maximum Gasteiger partial charge on any atom is 0.241 e. The SMILES string of the molecule is Cc1cc(C)c(C)c(S(=O)(=O)NCC(c2ccsc2)N2CCOCC2)c1C. The van der Waals surface area contributed by atoms with E-state index < -0.39 is 10.0 Å². The van der Waals surface area contributed by atoms with Crippen LogP contribution in [0.15, 0.2) is 27.8 Å². The minimum Gasteiger partial charge on any atom is -0.379 e. The Bertz CT molecular complexity index is 860. The monoisotopic (exact) mass is 408 g/mol. The summed E-state index contributed by atoms with van der Waals surface area (Å²) in [6.07, 6.45) is 0. The second-order valence-electron chi connectivity index (χ2n) is 7.16. The maximum atomic E-state index is 13.2. The minimum absolute atomic E-state index is 0.0152. The number of benzene rings is 1. The Morgan fingerprint density at radius 2 is 1.78 bits per heavy atom. The third kappa shape index (κ3) is 4.43. The molecule has 1 unspecified atom stereocenters. The van der Waals surface area contributed by atoms with Gasteiger partial charge in [0.15, 0.2) is 0 Å². The van der Waals surface area contributed by atoms with Gasteiger partial charge >= 0.3 is 0 Å². The Labute approximate surface area is 166 Å². The summed E-state index contributed by atoms with van der Waals surface area (Å²) in [7, 11) is -3.60. The van der Waals surface area contributed by atoms with Crippen LogP contribution in [0.5, 0.6) is 0 Å². The van der Waals surface area contributed by atoms with Gasteiger partial charge in [-0.15, -0.1) is 0 Å². The molecule has 1 atom stereocenters. The van der Waals surface area contributed by atoms with E-state index in [4.69, 9.17) is 4.74 Å². The molecule has 2 aromatic rings. The van der Waals surface area contributed by atoms with Crippen LogP contribution in [0.3, 0.4) is 0 Å². The van der Waals surface area contributed by atoms with Crippen molar-refractivity contribution in [2.75, 3.05) is 32.8 Å². The van der Waals surface area contributed by atoms with Crippen molar-refractivity contribution in [2.24, 2.45) is 0 Å². The second kappa shape index (κ2) is 8.41. The Hall–Kier alpha value is -1.25. The van der Waals surface area contributed by atoms with Gasteiger partial charge in [-0.25, -0.2) is 13.1 Å². The Kier molecular flexibility index (Phi) is 6.38. The number of thiophene rings is 1. The molecule has 0 spiro atoms. The molecule has 1 N–H and O–H groups in total. The molecule has 0 radical (unpaired) electrons. The minimum atomic E-state index is -3.60. The number of nitrogens with zero attached hydrogens (tertiary/aromatic N) is 1. The Morgan fingerprint density at radius 1 is 1.15 bits per heavy atom. The molecule has 0 amide bonds. The van der Waals surface area contributed by atoms with Crippen LogP contribution in [0.4, 0.5) is 0 Å². The number of rotatable bonds is 6. The smallest absolute Gasteiger partial charge is 0.241 e. The molecule has 1 saturated heterocycles. The normalized spacial score (nSPS) is 17.2. The van der Waals surface area contributed by atoms with Crippen LogP contribution >= 0.6 is 11.3 Å². The van der Waals surface area contributed by atoms with Gasteiger partial charge in [0.2, 0.25) is 10.0 Å². The first-order chi connectivity index (χ1) is 12.8. The fourth-order valence-electron chi connectivity index (χ4n) is 3.66. The van der Waals surface area contributed by atoms with E-state index in [1.807, 2.05) is 39.1 Å². The van der Waals surface area contributed by atoms with Gasteiger partial charge in [-0.2, -0.15) is 11.3 Å². The van der Waals surface area contributed by atoms with Crippen LogP contribution in [0.2, 0.25) is 0 Å². The van der Waals surface area contributed by atoms with Crippen molar-refractivity contribution in [3.63, 3.8) is 0 Å². The van der Waals surface area contributed by atoms with Gasteiger partial charge in [0.05, 0.1) is 18.1 Å². The average molecular weight is 409 g/mol. The number of hydrogen-bond donors (Lipinski definition) is 1. The fourth-order valence-corrected chi connectivity index (χ4v) is 6.01. The highest BCUT2D eigenvalue weighted by molar-refractivity contribution is 7.89. The first-order valence-electron chi connectivity index (χ1n) is 9.22.